The van der Waals surface area contributed by atoms with Crippen molar-refractivity contribution in [2.75, 3.05) is 20.2 Å². The summed E-state index contributed by atoms with van der Waals surface area (Å²) in [6, 6.07) is 4.33. The lowest BCUT2D eigenvalue weighted by Crippen LogP contribution is -2.37. The highest BCUT2D eigenvalue weighted by Gasteiger charge is 2.11. The fraction of sp³-hybridized carbons (Fsp3) is 0.737. The summed E-state index contributed by atoms with van der Waals surface area (Å²) in [6.45, 7) is 4.81. The van der Waals surface area contributed by atoms with E-state index in [4.69, 9.17) is 4.74 Å². The summed E-state index contributed by atoms with van der Waals surface area (Å²) in [6.07, 6.45) is 10.7. The second-order valence-electron chi connectivity index (χ2n) is 6.56. The summed E-state index contributed by atoms with van der Waals surface area (Å²) < 4.78 is 6.03. The minimum Gasteiger partial charge on any atom is -0.378 e. The van der Waals surface area contributed by atoms with Crippen LogP contribution in [0.4, 0.5) is 0 Å². The van der Waals surface area contributed by atoms with Crippen LogP contribution in [0.15, 0.2) is 17.1 Å². The summed E-state index contributed by atoms with van der Waals surface area (Å²) in [7, 11) is 1.82. The number of halogens is 1. The number of hydrogen-bond acceptors (Lipinski definition) is 3. The van der Waals surface area contributed by atoms with Gasteiger partial charge in [-0.25, -0.2) is 0 Å². The van der Waals surface area contributed by atoms with Crippen LogP contribution in [0.5, 0.6) is 0 Å². The zero-order chi connectivity index (χ0) is 17.0. The molecule has 0 unspecified atom stereocenters. The zero-order valence-corrected chi connectivity index (χ0v) is 18.8. The highest BCUT2D eigenvalue weighted by atomic mass is 127. The molecular weight excluding hydrogens is 445 g/mol. The Morgan fingerprint density at radius 2 is 1.92 bits per heavy atom. The number of nitrogens with one attached hydrogen (secondary N) is 2. The number of nitrogens with zero attached hydrogens (tertiary/aromatic N) is 1. The topological polar surface area (TPSA) is 45.7 Å². The molecule has 25 heavy (non-hydrogen) atoms. The predicted octanol–water partition coefficient (Wildman–Crippen LogP) is 4.86. The van der Waals surface area contributed by atoms with E-state index in [1.165, 1.54) is 48.3 Å². The van der Waals surface area contributed by atoms with Gasteiger partial charge in [0.25, 0.3) is 0 Å². The Hall–Kier alpha value is -0.340. The Kier molecular flexibility index (Phi) is 12.5. The molecule has 0 aromatic carbocycles. The summed E-state index contributed by atoms with van der Waals surface area (Å²) in [5.74, 6) is 0.880. The Morgan fingerprint density at radius 3 is 2.56 bits per heavy atom. The van der Waals surface area contributed by atoms with E-state index in [0.29, 0.717) is 6.10 Å². The van der Waals surface area contributed by atoms with Crippen molar-refractivity contribution in [3.8, 4) is 0 Å². The average Bonchev–Trinajstić information content (AvgIpc) is 2.84. The van der Waals surface area contributed by atoms with Gasteiger partial charge in [-0.3, -0.25) is 4.99 Å². The first kappa shape index (κ1) is 22.7. The van der Waals surface area contributed by atoms with Crippen molar-refractivity contribution < 1.29 is 4.74 Å². The van der Waals surface area contributed by atoms with Gasteiger partial charge in [0.2, 0.25) is 0 Å². The van der Waals surface area contributed by atoms with Crippen LogP contribution in [0.2, 0.25) is 0 Å². The lowest BCUT2D eigenvalue weighted by Gasteiger charge is -2.15. The summed E-state index contributed by atoms with van der Waals surface area (Å²) in [4.78, 5) is 6.97. The number of aryl methyl sites for hydroxylation is 1. The molecule has 2 rings (SSSR count). The highest BCUT2D eigenvalue weighted by Crippen LogP contribution is 2.19. The van der Waals surface area contributed by atoms with Gasteiger partial charge in [-0.15, -0.1) is 35.3 Å². The van der Waals surface area contributed by atoms with Crippen molar-refractivity contribution in [3.63, 3.8) is 0 Å². The highest BCUT2D eigenvalue weighted by molar-refractivity contribution is 14.0. The first-order valence-corrected chi connectivity index (χ1v) is 10.2. The maximum Gasteiger partial charge on any atom is 0.191 e. The zero-order valence-electron chi connectivity index (χ0n) is 15.7. The van der Waals surface area contributed by atoms with Crippen molar-refractivity contribution in [2.45, 2.75) is 70.9 Å². The Morgan fingerprint density at radius 1 is 1.16 bits per heavy atom. The third-order valence-electron chi connectivity index (χ3n) is 4.47. The molecule has 1 aliphatic rings. The first-order chi connectivity index (χ1) is 11.8. The molecule has 1 heterocycles. The molecule has 1 aromatic heterocycles. The Bertz CT molecular complexity index is 485. The van der Waals surface area contributed by atoms with Gasteiger partial charge >= 0.3 is 0 Å². The second kappa shape index (κ2) is 13.8. The van der Waals surface area contributed by atoms with E-state index in [2.05, 4.69) is 34.7 Å². The molecule has 6 heteroatoms. The molecule has 0 bridgehead atoms. The maximum absolute atomic E-state index is 6.03. The number of thiophene rings is 1. The molecular formula is C19H34IN3OS. The molecule has 1 fully saturated rings. The van der Waals surface area contributed by atoms with Crippen LogP contribution in [-0.2, 0) is 11.3 Å². The SMILES string of the molecule is CN=C(NCCCCOC1CCCCCC1)NCc1ccc(C)s1.I. The average molecular weight is 479 g/mol. The van der Waals surface area contributed by atoms with Crippen LogP contribution in [0.25, 0.3) is 0 Å². The number of guanidine groups is 1. The van der Waals surface area contributed by atoms with Crippen molar-refractivity contribution in [1.82, 2.24) is 10.6 Å². The van der Waals surface area contributed by atoms with Crippen LogP contribution in [0.3, 0.4) is 0 Å². The lowest BCUT2D eigenvalue weighted by atomic mass is 10.1. The van der Waals surface area contributed by atoms with Crippen molar-refractivity contribution in [1.29, 1.82) is 0 Å². The smallest absolute Gasteiger partial charge is 0.191 e. The molecule has 2 N–H and O–H groups in total. The van der Waals surface area contributed by atoms with Gasteiger partial charge in [-0.05, 0) is 44.7 Å². The van der Waals surface area contributed by atoms with E-state index in [9.17, 15) is 0 Å². The number of aliphatic imine (C=N–C) groups is 1. The molecule has 0 aliphatic heterocycles. The standard InChI is InChI=1S/C19H33N3OS.HI/c1-16-11-12-18(24-16)15-22-19(20-2)21-13-7-8-14-23-17-9-5-3-4-6-10-17;/h11-12,17H,3-10,13-15H2,1-2H3,(H2,20,21,22);1H. The van der Waals surface area contributed by atoms with Gasteiger partial charge in [-0.1, -0.05) is 25.7 Å². The van der Waals surface area contributed by atoms with Crippen LogP contribution < -0.4 is 10.6 Å². The number of unbranched alkanes of at least 4 members (excludes halogenated alkanes) is 1. The monoisotopic (exact) mass is 479 g/mol. The van der Waals surface area contributed by atoms with Crippen LogP contribution >= 0.6 is 35.3 Å². The van der Waals surface area contributed by atoms with Crippen LogP contribution in [0, 0.1) is 6.92 Å². The van der Waals surface area contributed by atoms with E-state index in [1.54, 1.807) is 0 Å². The molecule has 0 saturated heterocycles. The van der Waals surface area contributed by atoms with Crippen LogP contribution in [-0.4, -0.2) is 32.3 Å². The van der Waals surface area contributed by atoms with Crippen molar-refractivity contribution in [3.05, 3.63) is 21.9 Å². The predicted molar refractivity (Wildman–Crippen MR) is 119 cm³/mol. The number of rotatable bonds is 8. The fourth-order valence-electron chi connectivity index (χ4n) is 3.06. The van der Waals surface area contributed by atoms with Gasteiger partial charge in [0, 0.05) is 30.0 Å². The van der Waals surface area contributed by atoms with Gasteiger partial charge < -0.3 is 15.4 Å². The normalized spacial score (nSPS) is 16.2. The lowest BCUT2D eigenvalue weighted by molar-refractivity contribution is 0.0411. The van der Waals surface area contributed by atoms with E-state index in [0.717, 1.165) is 38.5 Å². The molecule has 0 atom stereocenters. The molecule has 0 spiro atoms. The van der Waals surface area contributed by atoms with E-state index in [-0.39, 0.29) is 24.0 Å². The minimum atomic E-state index is 0. The van der Waals surface area contributed by atoms with Gasteiger partial charge in [0.05, 0.1) is 12.6 Å². The second-order valence-corrected chi connectivity index (χ2v) is 7.93. The molecule has 0 radical (unpaired) electrons. The Balaban J connectivity index is 0.00000312. The number of ether oxygens (including phenoxy) is 1. The van der Waals surface area contributed by atoms with Gasteiger partial charge in [-0.2, -0.15) is 0 Å². The first-order valence-electron chi connectivity index (χ1n) is 9.39. The molecule has 0 amide bonds. The molecule has 1 aromatic rings. The van der Waals surface area contributed by atoms with E-state index < -0.39 is 0 Å². The van der Waals surface area contributed by atoms with Crippen molar-refractivity contribution in [2.24, 2.45) is 4.99 Å². The fourth-order valence-corrected chi connectivity index (χ4v) is 3.89. The Labute approximate surface area is 174 Å². The van der Waals surface area contributed by atoms with E-state index >= 15 is 0 Å². The van der Waals surface area contributed by atoms with Gasteiger partial charge in [0.15, 0.2) is 5.96 Å². The van der Waals surface area contributed by atoms with Gasteiger partial charge in [0.1, 0.15) is 0 Å². The molecule has 1 saturated carbocycles. The summed E-state index contributed by atoms with van der Waals surface area (Å²) in [5, 5.41) is 6.75. The third kappa shape index (κ3) is 9.80. The maximum atomic E-state index is 6.03. The largest absolute Gasteiger partial charge is 0.378 e. The van der Waals surface area contributed by atoms with E-state index in [1.807, 2.05) is 18.4 Å². The molecule has 144 valence electrons. The van der Waals surface area contributed by atoms with Crippen molar-refractivity contribution >= 4 is 41.3 Å². The third-order valence-corrected chi connectivity index (χ3v) is 5.47. The molecule has 4 nitrogen and oxygen atoms in total. The minimum absolute atomic E-state index is 0. The van der Waals surface area contributed by atoms with Crippen LogP contribution in [0.1, 0.15) is 61.1 Å². The molecule has 1 aliphatic carbocycles. The summed E-state index contributed by atoms with van der Waals surface area (Å²) >= 11 is 1.83. The quantitative estimate of drug-likeness (QED) is 0.184. The summed E-state index contributed by atoms with van der Waals surface area (Å²) in [5.41, 5.74) is 0. The number of hydrogen-bond donors (Lipinski definition) is 2.